The zero-order valence-electron chi connectivity index (χ0n) is 9.00. The van der Waals surface area contributed by atoms with Crippen LogP contribution in [0.25, 0.3) is 22.1 Å². The van der Waals surface area contributed by atoms with E-state index in [1.54, 1.807) is 6.07 Å². The molecule has 17 heavy (non-hydrogen) atoms. The number of halogens is 2. The van der Waals surface area contributed by atoms with Crippen LogP contribution in [0.4, 0.5) is 0 Å². The summed E-state index contributed by atoms with van der Waals surface area (Å²) in [5, 5.41) is 1.55. The molecule has 0 atom stereocenters. The minimum Gasteiger partial charge on any atom is -0.452 e. The molecule has 0 amide bonds. The number of alkyl halides is 1. The predicted molar refractivity (Wildman–Crippen MR) is 68.6 cm³/mol. The van der Waals surface area contributed by atoms with E-state index in [-0.39, 0.29) is 5.88 Å². The summed E-state index contributed by atoms with van der Waals surface area (Å²) < 4.78 is 5.71. The lowest BCUT2D eigenvalue weighted by Gasteiger charge is -1.97. The lowest BCUT2D eigenvalue weighted by atomic mass is 10.2. The number of rotatable bonds is 1. The van der Waals surface area contributed by atoms with E-state index in [1.165, 1.54) is 0 Å². The molecule has 1 aromatic carbocycles. The average Bonchev–Trinajstić information content (AvgIpc) is 2.68. The third-order valence-corrected chi connectivity index (χ3v) is 3.08. The molecule has 0 saturated carbocycles. The highest BCUT2D eigenvalue weighted by Gasteiger charge is 2.13. The second-order valence-corrected chi connectivity index (χ2v) is 4.48. The first-order valence-corrected chi connectivity index (χ1v) is 6.01. The maximum atomic E-state index is 5.98. The van der Waals surface area contributed by atoms with Crippen LogP contribution in [0.3, 0.4) is 0 Å². The maximum absolute atomic E-state index is 5.98. The van der Waals surface area contributed by atoms with Gasteiger partial charge >= 0.3 is 0 Å². The van der Waals surface area contributed by atoms with E-state index in [4.69, 9.17) is 27.6 Å². The van der Waals surface area contributed by atoms with Crippen molar-refractivity contribution in [3.63, 3.8) is 0 Å². The topological polar surface area (TPSA) is 38.9 Å². The van der Waals surface area contributed by atoms with Gasteiger partial charge < -0.3 is 4.42 Å². The van der Waals surface area contributed by atoms with E-state index in [2.05, 4.69) is 9.97 Å². The number of hydrogen-bond donors (Lipinski definition) is 0. The fraction of sp³-hybridized carbons (Fsp3) is 0.167. The van der Waals surface area contributed by atoms with Crippen LogP contribution in [-0.2, 0) is 5.88 Å². The molecular formula is C12H8Cl2N2O. The van der Waals surface area contributed by atoms with E-state index in [9.17, 15) is 0 Å². The van der Waals surface area contributed by atoms with Crippen molar-refractivity contribution in [2.24, 2.45) is 0 Å². The minimum absolute atomic E-state index is 0.282. The Kier molecular flexibility index (Phi) is 2.45. The monoisotopic (exact) mass is 266 g/mol. The van der Waals surface area contributed by atoms with Crippen molar-refractivity contribution in [3.05, 3.63) is 34.7 Å². The van der Waals surface area contributed by atoms with Crippen LogP contribution in [0.5, 0.6) is 0 Å². The molecule has 2 heterocycles. The Balaban J connectivity index is 2.49. The number of aryl methyl sites for hydroxylation is 1. The summed E-state index contributed by atoms with van der Waals surface area (Å²) in [5.74, 6) is 0.878. The van der Waals surface area contributed by atoms with Gasteiger partial charge in [0, 0.05) is 10.4 Å². The summed E-state index contributed by atoms with van der Waals surface area (Å²) in [6.45, 7) is 1.88. The molecule has 0 radical (unpaired) electrons. The summed E-state index contributed by atoms with van der Waals surface area (Å²) >= 11 is 11.7. The van der Waals surface area contributed by atoms with E-state index in [0.29, 0.717) is 16.4 Å². The van der Waals surface area contributed by atoms with Gasteiger partial charge in [-0.25, -0.2) is 9.97 Å². The molecule has 0 bridgehead atoms. The molecule has 86 valence electrons. The molecule has 0 spiro atoms. The van der Waals surface area contributed by atoms with Gasteiger partial charge in [-0.05, 0) is 25.1 Å². The van der Waals surface area contributed by atoms with Crippen molar-refractivity contribution in [3.8, 4) is 0 Å². The van der Waals surface area contributed by atoms with Crippen LogP contribution >= 0.6 is 23.2 Å². The van der Waals surface area contributed by atoms with E-state index < -0.39 is 0 Å². The van der Waals surface area contributed by atoms with E-state index >= 15 is 0 Å². The number of benzene rings is 1. The molecule has 3 nitrogen and oxygen atoms in total. The third kappa shape index (κ3) is 1.66. The summed E-state index contributed by atoms with van der Waals surface area (Å²) in [6.07, 6.45) is 0. The first-order chi connectivity index (χ1) is 8.19. The average molecular weight is 267 g/mol. The van der Waals surface area contributed by atoms with Crippen molar-refractivity contribution in [1.82, 2.24) is 9.97 Å². The van der Waals surface area contributed by atoms with Crippen LogP contribution in [0.2, 0.25) is 5.02 Å². The molecule has 0 aliphatic carbocycles. The number of furan rings is 1. The van der Waals surface area contributed by atoms with Crippen LogP contribution in [-0.4, -0.2) is 9.97 Å². The smallest absolute Gasteiger partial charge is 0.175 e. The molecule has 0 N–H and O–H groups in total. The summed E-state index contributed by atoms with van der Waals surface area (Å²) in [5.41, 5.74) is 3.01. The SMILES string of the molecule is Cc1nc(CCl)nc2c1oc1ccc(Cl)cc12. The molecule has 3 aromatic rings. The highest BCUT2D eigenvalue weighted by Crippen LogP contribution is 2.30. The van der Waals surface area contributed by atoms with Gasteiger partial charge in [0.1, 0.15) is 16.9 Å². The zero-order chi connectivity index (χ0) is 12.0. The van der Waals surface area contributed by atoms with Crippen molar-refractivity contribution in [2.75, 3.05) is 0 Å². The van der Waals surface area contributed by atoms with Gasteiger partial charge in [0.2, 0.25) is 0 Å². The van der Waals surface area contributed by atoms with Gasteiger partial charge in [-0.3, -0.25) is 0 Å². The van der Waals surface area contributed by atoms with Crippen molar-refractivity contribution < 1.29 is 4.42 Å². The maximum Gasteiger partial charge on any atom is 0.175 e. The Morgan fingerprint density at radius 1 is 1.29 bits per heavy atom. The number of aromatic nitrogens is 2. The zero-order valence-corrected chi connectivity index (χ0v) is 10.5. The van der Waals surface area contributed by atoms with E-state index in [1.807, 2.05) is 19.1 Å². The fourth-order valence-electron chi connectivity index (χ4n) is 1.87. The molecule has 0 aliphatic rings. The van der Waals surface area contributed by atoms with Crippen molar-refractivity contribution >= 4 is 45.3 Å². The second kappa shape index (κ2) is 3.86. The van der Waals surface area contributed by atoms with Gasteiger partial charge in [0.25, 0.3) is 0 Å². The summed E-state index contributed by atoms with van der Waals surface area (Å²) in [6, 6.07) is 5.46. The Bertz CT molecular complexity index is 721. The lowest BCUT2D eigenvalue weighted by Crippen LogP contribution is -1.93. The molecule has 2 aromatic heterocycles. The van der Waals surface area contributed by atoms with Crippen LogP contribution in [0.1, 0.15) is 11.5 Å². The number of hydrogen-bond acceptors (Lipinski definition) is 3. The van der Waals surface area contributed by atoms with Gasteiger partial charge in [0.15, 0.2) is 5.58 Å². The van der Waals surface area contributed by atoms with Crippen LogP contribution in [0, 0.1) is 6.92 Å². The standard InChI is InChI=1S/C12H8Cl2N2O/c1-6-12-11(16-10(5-13)15-6)8-4-7(14)2-3-9(8)17-12/h2-4H,5H2,1H3. The molecule has 3 rings (SSSR count). The van der Waals surface area contributed by atoms with Gasteiger partial charge in [-0.2, -0.15) is 0 Å². The number of fused-ring (bicyclic) bond motifs is 3. The first-order valence-electron chi connectivity index (χ1n) is 5.10. The minimum atomic E-state index is 0.282. The Morgan fingerprint density at radius 3 is 2.88 bits per heavy atom. The molecule has 0 fully saturated rings. The highest BCUT2D eigenvalue weighted by atomic mass is 35.5. The predicted octanol–water partition coefficient (Wildman–Crippen LogP) is 4.08. The van der Waals surface area contributed by atoms with E-state index in [0.717, 1.165) is 22.2 Å². The molecular weight excluding hydrogens is 259 g/mol. The molecule has 0 unspecified atom stereocenters. The largest absolute Gasteiger partial charge is 0.452 e. The molecule has 5 heteroatoms. The Labute approximate surface area is 107 Å². The van der Waals surface area contributed by atoms with Crippen LogP contribution in [0.15, 0.2) is 22.6 Å². The lowest BCUT2D eigenvalue weighted by molar-refractivity contribution is 0.660. The Morgan fingerprint density at radius 2 is 2.12 bits per heavy atom. The molecule has 0 saturated heterocycles. The third-order valence-electron chi connectivity index (χ3n) is 2.61. The Hall–Kier alpha value is -1.32. The second-order valence-electron chi connectivity index (χ2n) is 3.78. The van der Waals surface area contributed by atoms with Crippen molar-refractivity contribution in [1.29, 1.82) is 0 Å². The summed E-state index contributed by atoms with van der Waals surface area (Å²) in [4.78, 5) is 8.66. The summed E-state index contributed by atoms with van der Waals surface area (Å²) in [7, 11) is 0. The first kappa shape index (κ1) is 10.8. The quantitative estimate of drug-likeness (QED) is 0.623. The van der Waals surface area contributed by atoms with Crippen molar-refractivity contribution in [2.45, 2.75) is 12.8 Å². The van der Waals surface area contributed by atoms with Gasteiger partial charge in [-0.15, -0.1) is 11.6 Å². The normalized spacial score (nSPS) is 11.5. The molecule has 0 aliphatic heterocycles. The van der Waals surface area contributed by atoms with Crippen LogP contribution < -0.4 is 0 Å². The van der Waals surface area contributed by atoms with Gasteiger partial charge in [0.05, 0.1) is 11.6 Å². The number of nitrogens with zero attached hydrogens (tertiary/aromatic N) is 2. The fourth-order valence-corrected chi connectivity index (χ4v) is 2.16. The van der Waals surface area contributed by atoms with Gasteiger partial charge in [-0.1, -0.05) is 11.6 Å². The highest BCUT2D eigenvalue weighted by molar-refractivity contribution is 6.31.